The molecule has 1 heterocycles. The van der Waals surface area contributed by atoms with E-state index in [1.54, 1.807) is 18.2 Å². The number of nitrogens with zero attached hydrogens (tertiary/aromatic N) is 1. The van der Waals surface area contributed by atoms with Gasteiger partial charge in [-0.1, -0.05) is 0 Å². The van der Waals surface area contributed by atoms with Gasteiger partial charge in [-0.25, -0.2) is 0 Å². The Hall–Kier alpha value is -1.86. The van der Waals surface area contributed by atoms with Crippen LogP contribution in [0.2, 0.25) is 0 Å². The fourth-order valence-corrected chi connectivity index (χ4v) is 2.25. The molecule has 1 aromatic heterocycles. The van der Waals surface area contributed by atoms with E-state index in [-0.39, 0.29) is 0 Å². The highest BCUT2D eigenvalue weighted by Crippen LogP contribution is 2.30. The van der Waals surface area contributed by atoms with Crippen molar-refractivity contribution in [3.05, 3.63) is 29.3 Å². The number of nitrogens with two attached hydrogens (primary N) is 1. The first kappa shape index (κ1) is 8.73. The van der Waals surface area contributed by atoms with Gasteiger partial charge in [0, 0.05) is 15.6 Å². The van der Waals surface area contributed by atoms with E-state index in [2.05, 4.69) is 6.07 Å². The molecule has 0 unspecified atom stereocenters. The number of nitrogen functional groups attached to an aromatic ring is 1. The lowest BCUT2D eigenvalue weighted by Gasteiger charge is -1.94. The second kappa shape index (κ2) is 3.13. The van der Waals surface area contributed by atoms with Crippen LogP contribution in [-0.4, -0.2) is 6.29 Å². The Kier molecular flexibility index (Phi) is 1.95. The van der Waals surface area contributed by atoms with Crippen LogP contribution in [-0.2, 0) is 0 Å². The van der Waals surface area contributed by atoms with Crippen LogP contribution >= 0.6 is 11.3 Å². The maximum Gasteiger partial charge on any atom is 0.150 e. The maximum absolute atomic E-state index is 10.6. The highest BCUT2D eigenvalue weighted by molar-refractivity contribution is 7.22. The largest absolute Gasteiger partial charge is 0.391 e. The van der Waals surface area contributed by atoms with Crippen molar-refractivity contribution in [3.8, 4) is 6.07 Å². The molecule has 0 saturated carbocycles. The first-order chi connectivity index (χ1) is 6.74. The molecule has 1 aromatic carbocycles. The number of carbonyl (C=O) groups is 1. The SMILES string of the molecule is N#Cc1cc(C=O)cc2sc(N)cc12. The zero-order valence-electron chi connectivity index (χ0n) is 7.15. The summed E-state index contributed by atoms with van der Waals surface area (Å²) in [4.78, 5) is 10.6. The molecular weight excluding hydrogens is 196 g/mol. The van der Waals surface area contributed by atoms with Gasteiger partial charge in [0.25, 0.3) is 0 Å². The van der Waals surface area contributed by atoms with E-state index in [4.69, 9.17) is 11.0 Å². The van der Waals surface area contributed by atoms with Gasteiger partial charge in [0.1, 0.15) is 6.29 Å². The smallest absolute Gasteiger partial charge is 0.150 e. The minimum Gasteiger partial charge on any atom is -0.391 e. The Morgan fingerprint density at radius 2 is 2.21 bits per heavy atom. The van der Waals surface area contributed by atoms with E-state index in [0.717, 1.165) is 16.4 Å². The molecule has 2 N–H and O–H groups in total. The molecule has 0 aliphatic carbocycles. The summed E-state index contributed by atoms with van der Waals surface area (Å²) in [6, 6.07) is 7.12. The van der Waals surface area contributed by atoms with Crippen molar-refractivity contribution in [2.75, 3.05) is 5.73 Å². The molecule has 0 aliphatic heterocycles. The van der Waals surface area contributed by atoms with Gasteiger partial charge in [-0.2, -0.15) is 5.26 Å². The number of nitriles is 1. The third kappa shape index (κ3) is 1.24. The van der Waals surface area contributed by atoms with Crippen LogP contribution in [0.3, 0.4) is 0 Å². The molecule has 2 rings (SSSR count). The zero-order valence-corrected chi connectivity index (χ0v) is 7.97. The van der Waals surface area contributed by atoms with Crippen LogP contribution in [0.15, 0.2) is 18.2 Å². The number of thiophene rings is 1. The van der Waals surface area contributed by atoms with E-state index in [9.17, 15) is 4.79 Å². The molecule has 0 atom stereocenters. The van der Waals surface area contributed by atoms with Gasteiger partial charge >= 0.3 is 0 Å². The number of aldehydes is 1. The molecule has 0 spiro atoms. The van der Waals surface area contributed by atoms with Crippen molar-refractivity contribution in [3.63, 3.8) is 0 Å². The molecule has 0 amide bonds. The van der Waals surface area contributed by atoms with Gasteiger partial charge in [0.2, 0.25) is 0 Å². The second-order valence-electron chi connectivity index (χ2n) is 2.86. The standard InChI is InChI=1S/C10H6N2OS/c11-4-7-1-6(5-13)2-9-8(7)3-10(12)14-9/h1-3,5H,12H2. The van der Waals surface area contributed by atoms with Crippen LogP contribution in [0.25, 0.3) is 10.1 Å². The maximum atomic E-state index is 10.6. The molecule has 4 heteroatoms. The molecule has 0 aliphatic rings. The lowest BCUT2D eigenvalue weighted by Crippen LogP contribution is -1.82. The third-order valence-electron chi connectivity index (χ3n) is 1.94. The van der Waals surface area contributed by atoms with Crippen LogP contribution < -0.4 is 5.73 Å². The van der Waals surface area contributed by atoms with Gasteiger partial charge in [-0.15, -0.1) is 11.3 Å². The number of anilines is 1. The first-order valence-electron chi connectivity index (χ1n) is 3.93. The normalized spacial score (nSPS) is 9.93. The summed E-state index contributed by atoms with van der Waals surface area (Å²) in [6.45, 7) is 0. The van der Waals surface area contributed by atoms with Crippen LogP contribution in [0.5, 0.6) is 0 Å². The molecule has 2 aromatic rings. The molecule has 0 radical (unpaired) electrons. The Balaban J connectivity index is 2.87. The lowest BCUT2D eigenvalue weighted by molar-refractivity contribution is 0.112. The predicted octanol–water partition coefficient (Wildman–Crippen LogP) is 2.17. The Morgan fingerprint density at radius 3 is 2.86 bits per heavy atom. The lowest BCUT2D eigenvalue weighted by atomic mass is 10.1. The minimum atomic E-state index is 0.498. The average molecular weight is 202 g/mol. The molecule has 68 valence electrons. The Labute approximate surface area is 84.4 Å². The molecule has 3 nitrogen and oxygen atoms in total. The first-order valence-corrected chi connectivity index (χ1v) is 4.74. The second-order valence-corrected chi connectivity index (χ2v) is 3.97. The predicted molar refractivity (Wildman–Crippen MR) is 56.3 cm³/mol. The number of fused-ring (bicyclic) bond motifs is 1. The van der Waals surface area contributed by atoms with Gasteiger partial charge in [0.15, 0.2) is 0 Å². The van der Waals surface area contributed by atoms with Crippen molar-refractivity contribution in [2.45, 2.75) is 0 Å². The van der Waals surface area contributed by atoms with Crippen molar-refractivity contribution in [2.24, 2.45) is 0 Å². The molecule has 14 heavy (non-hydrogen) atoms. The van der Waals surface area contributed by atoms with Crippen LogP contribution in [0.4, 0.5) is 5.00 Å². The summed E-state index contributed by atoms with van der Waals surface area (Å²) in [7, 11) is 0. The number of carbonyl (C=O) groups excluding carboxylic acids is 1. The van der Waals surface area contributed by atoms with Gasteiger partial charge < -0.3 is 5.73 Å². The number of hydrogen-bond acceptors (Lipinski definition) is 4. The number of hydrogen-bond donors (Lipinski definition) is 1. The van der Waals surface area contributed by atoms with Crippen LogP contribution in [0.1, 0.15) is 15.9 Å². The highest BCUT2D eigenvalue weighted by Gasteiger charge is 2.06. The van der Waals surface area contributed by atoms with E-state index >= 15 is 0 Å². The van der Waals surface area contributed by atoms with E-state index in [1.807, 2.05) is 0 Å². The zero-order chi connectivity index (χ0) is 10.1. The van der Waals surface area contributed by atoms with E-state index in [1.165, 1.54) is 11.3 Å². The Morgan fingerprint density at radius 1 is 1.43 bits per heavy atom. The summed E-state index contributed by atoms with van der Waals surface area (Å²) in [5, 5.41) is 10.3. The number of rotatable bonds is 1. The van der Waals surface area contributed by atoms with Crippen molar-refractivity contribution < 1.29 is 4.79 Å². The summed E-state index contributed by atoms with van der Waals surface area (Å²) >= 11 is 1.38. The molecule has 0 fully saturated rings. The quantitative estimate of drug-likeness (QED) is 0.720. The monoisotopic (exact) mass is 202 g/mol. The third-order valence-corrected chi connectivity index (χ3v) is 2.85. The topological polar surface area (TPSA) is 66.9 Å². The highest BCUT2D eigenvalue weighted by atomic mass is 32.1. The van der Waals surface area contributed by atoms with Crippen molar-refractivity contribution >= 4 is 32.7 Å². The van der Waals surface area contributed by atoms with Crippen molar-refractivity contribution in [1.82, 2.24) is 0 Å². The van der Waals surface area contributed by atoms with E-state index < -0.39 is 0 Å². The van der Waals surface area contributed by atoms with E-state index in [0.29, 0.717) is 16.1 Å². The van der Waals surface area contributed by atoms with Crippen LogP contribution in [0, 0.1) is 11.3 Å². The summed E-state index contributed by atoms with van der Waals surface area (Å²) in [5.74, 6) is 0. The fraction of sp³-hybridized carbons (Fsp3) is 0. The Bertz CT molecular complexity index is 551. The average Bonchev–Trinajstić information content (AvgIpc) is 2.56. The molecular formula is C10H6N2OS. The molecule has 0 saturated heterocycles. The van der Waals surface area contributed by atoms with Crippen molar-refractivity contribution in [1.29, 1.82) is 5.26 Å². The minimum absolute atomic E-state index is 0.498. The summed E-state index contributed by atoms with van der Waals surface area (Å²) < 4.78 is 0.878. The fourth-order valence-electron chi connectivity index (χ4n) is 1.34. The van der Waals surface area contributed by atoms with Gasteiger partial charge in [-0.05, 0) is 18.2 Å². The number of benzene rings is 1. The van der Waals surface area contributed by atoms with Gasteiger partial charge in [0.05, 0.1) is 16.6 Å². The summed E-state index contributed by atoms with van der Waals surface area (Å²) in [5.41, 5.74) is 6.63. The van der Waals surface area contributed by atoms with Gasteiger partial charge in [-0.3, -0.25) is 4.79 Å². The molecule has 0 bridgehead atoms. The summed E-state index contributed by atoms with van der Waals surface area (Å²) in [6.07, 6.45) is 0.732.